The van der Waals surface area contributed by atoms with E-state index in [1.807, 2.05) is 18.2 Å². The normalized spacial score (nSPS) is 23.5. The number of benzene rings is 1. The minimum atomic E-state index is -0.147. The molecule has 3 N–H and O–H groups in total. The summed E-state index contributed by atoms with van der Waals surface area (Å²) in [4.78, 5) is 8.91. The lowest BCUT2D eigenvalue weighted by atomic mass is 10.2. The molecule has 30 heavy (non-hydrogen) atoms. The summed E-state index contributed by atoms with van der Waals surface area (Å²) in [5.41, 5.74) is 6.86. The summed E-state index contributed by atoms with van der Waals surface area (Å²) >= 11 is 0. The molecule has 0 spiro atoms. The second-order valence-electron chi connectivity index (χ2n) is 7.65. The highest BCUT2D eigenvalue weighted by atomic mass is 127. The highest BCUT2D eigenvalue weighted by Crippen LogP contribution is 2.40. The first-order valence-corrected chi connectivity index (χ1v) is 10.2. The number of rotatable bonds is 5. The van der Waals surface area contributed by atoms with E-state index in [-0.39, 0.29) is 36.2 Å². The highest BCUT2D eigenvalue weighted by Gasteiger charge is 2.34. The summed E-state index contributed by atoms with van der Waals surface area (Å²) < 4.78 is 22.7. The maximum atomic E-state index is 6.05. The minimum Gasteiger partial charge on any atom is -0.490 e. The molecule has 0 amide bonds. The molecule has 2 atom stereocenters. The Morgan fingerprint density at radius 1 is 1.13 bits per heavy atom. The predicted octanol–water partition coefficient (Wildman–Crippen LogP) is 3.37. The van der Waals surface area contributed by atoms with Crippen LogP contribution in [0.5, 0.6) is 11.5 Å². The Balaban J connectivity index is 0.00000218. The third kappa shape index (κ3) is 4.97. The molecule has 162 valence electrons. The zero-order valence-electron chi connectivity index (χ0n) is 16.6. The number of anilines is 1. The molecular formula is C20H26IN5O4. The van der Waals surface area contributed by atoms with Gasteiger partial charge >= 0.3 is 0 Å². The van der Waals surface area contributed by atoms with E-state index in [1.54, 1.807) is 0 Å². The molecule has 0 radical (unpaired) electrons. The van der Waals surface area contributed by atoms with Crippen molar-refractivity contribution in [2.24, 2.45) is 10.7 Å². The van der Waals surface area contributed by atoms with Crippen LogP contribution in [0.4, 0.5) is 5.69 Å². The monoisotopic (exact) mass is 527 g/mol. The summed E-state index contributed by atoms with van der Waals surface area (Å²) in [5.74, 6) is 3.67. The lowest BCUT2D eigenvalue weighted by molar-refractivity contribution is 0.0309. The Morgan fingerprint density at radius 3 is 2.80 bits per heavy atom. The standard InChI is InChI=1S/C20H25N5O4.HI/c21-20(23-13-4-6-15-17(10-13)27-9-1-8-26-15)22-11-14-5-7-16(28-14)19-24-18(25-29-19)12-2-3-12;/h4,6,10,12,14,16H,1-3,5,7-9,11H2,(H3,21,22,23);1H/t14-,16+;/m1./s1. The summed E-state index contributed by atoms with van der Waals surface area (Å²) in [6, 6.07) is 5.64. The molecule has 9 nitrogen and oxygen atoms in total. The summed E-state index contributed by atoms with van der Waals surface area (Å²) in [6.45, 7) is 1.78. The van der Waals surface area contributed by atoms with Crippen LogP contribution < -0.4 is 20.5 Å². The number of halogens is 1. The van der Waals surface area contributed by atoms with Crippen molar-refractivity contribution >= 4 is 35.6 Å². The zero-order chi connectivity index (χ0) is 19.6. The fraction of sp³-hybridized carbons (Fsp3) is 0.550. The number of aromatic nitrogens is 2. The molecule has 10 heteroatoms. The van der Waals surface area contributed by atoms with Gasteiger partial charge in [-0.05, 0) is 37.8 Å². The fourth-order valence-corrected chi connectivity index (χ4v) is 3.54. The van der Waals surface area contributed by atoms with Crippen LogP contribution >= 0.6 is 24.0 Å². The Bertz CT molecular complexity index is 901. The number of ether oxygens (including phenoxy) is 3. The number of hydrogen-bond acceptors (Lipinski definition) is 7. The van der Waals surface area contributed by atoms with Gasteiger partial charge in [-0.25, -0.2) is 0 Å². The number of nitrogens with one attached hydrogen (secondary N) is 1. The smallest absolute Gasteiger partial charge is 0.255 e. The average Bonchev–Trinajstić information content (AvgIpc) is 3.34. The molecule has 3 aliphatic rings. The summed E-state index contributed by atoms with van der Waals surface area (Å²) in [6.07, 6.45) is 4.74. The third-order valence-electron chi connectivity index (χ3n) is 5.27. The van der Waals surface area contributed by atoms with Gasteiger partial charge in [0.15, 0.2) is 23.3 Å². The van der Waals surface area contributed by atoms with Gasteiger partial charge in [-0.1, -0.05) is 5.16 Å². The summed E-state index contributed by atoms with van der Waals surface area (Å²) in [5, 5.41) is 7.16. The van der Waals surface area contributed by atoms with Gasteiger partial charge < -0.3 is 29.8 Å². The van der Waals surface area contributed by atoms with Crippen molar-refractivity contribution in [3.05, 3.63) is 29.9 Å². The van der Waals surface area contributed by atoms with Gasteiger partial charge in [0.1, 0.15) is 6.10 Å². The molecule has 5 rings (SSSR count). The molecule has 0 bridgehead atoms. The van der Waals surface area contributed by atoms with Gasteiger partial charge in [-0.3, -0.25) is 4.99 Å². The highest BCUT2D eigenvalue weighted by molar-refractivity contribution is 14.0. The number of fused-ring (bicyclic) bond motifs is 1. The van der Waals surface area contributed by atoms with Crippen molar-refractivity contribution in [1.82, 2.24) is 10.1 Å². The second-order valence-corrected chi connectivity index (χ2v) is 7.65. The minimum absolute atomic E-state index is 0. The Kier molecular flexibility index (Phi) is 6.61. The van der Waals surface area contributed by atoms with Crippen molar-refractivity contribution < 1.29 is 18.7 Å². The number of hydrogen-bond donors (Lipinski definition) is 2. The van der Waals surface area contributed by atoms with Crippen LogP contribution in [-0.2, 0) is 4.74 Å². The Morgan fingerprint density at radius 2 is 1.97 bits per heavy atom. The summed E-state index contributed by atoms with van der Waals surface area (Å²) in [7, 11) is 0. The van der Waals surface area contributed by atoms with Gasteiger partial charge in [0.2, 0.25) is 0 Å². The van der Waals surface area contributed by atoms with Crippen molar-refractivity contribution in [1.29, 1.82) is 0 Å². The maximum absolute atomic E-state index is 6.05. The zero-order valence-corrected chi connectivity index (χ0v) is 18.9. The van der Waals surface area contributed by atoms with Gasteiger partial charge in [0.25, 0.3) is 5.89 Å². The van der Waals surface area contributed by atoms with Crippen molar-refractivity contribution in [3.8, 4) is 11.5 Å². The van der Waals surface area contributed by atoms with E-state index in [4.69, 9.17) is 24.5 Å². The van der Waals surface area contributed by atoms with Crippen LogP contribution in [0.2, 0.25) is 0 Å². The molecule has 1 saturated carbocycles. The topological polar surface area (TPSA) is 117 Å². The number of aliphatic imine (C=N–C) groups is 1. The molecule has 1 aromatic carbocycles. The first-order valence-electron chi connectivity index (χ1n) is 10.2. The Labute approximate surface area is 191 Å². The van der Waals surface area contributed by atoms with Crippen LogP contribution in [0.25, 0.3) is 0 Å². The van der Waals surface area contributed by atoms with E-state index in [9.17, 15) is 0 Å². The second kappa shape index (κ2) is 9.38. The van der Waals surface area contributed by atoms with E-state index < -0.39 is 0 Å². The van der Waals surface area contributed by atoms with Crippen LogP contribution in [0, 0.1) is 0 Å². The van der Waals surface area contributed by atoms with E-state index in [1.165, 1.54) is 0 Å². The van der Waals surface area contributed by atoms with Crippen molar-refractivity contribution in [3.63, 3.8) is 0 Å². The number of nitrogens with two attached hydrogens (primary N) is 1. The quantitative estimate of drug-likeness (QED) is 0.346. The molecule has 2 fully saturated rings. The fourth-order valence-electron chi connectivity index (χ4n) is 3.54. The molecular weight excluding hydrogens is 501 g/mol. The lowest BCUT2D eigenvalue weighted by Gasteiger charge is -2.12. The molecule has 1 aliphatic carbocycles. The SMILES string of the molecule is I.NC(=NC[C@H]1CC[C@@H](c2nc(C3CC3)no2)O1)Nc1ccc2c(c1)OCCCO2. The molecule has 0 unspecified atom stereocenters. The lowest BCUT2D eigenvalue weighted by Crippen LogP contribution is -2.24. The molecule has 3 heterocycles. The van der Waals surface area contributed by atoms with Gasteiger partial charge in [0, 0.05) is 24.1 Å². The van der Waals surface area contributed by atoms with E-state index in [0.29, 0.717) is 43.3 Å². The molecule has 1 aromatic heterocycles. The van der Waals surface area contributed by atoms with Crippen LogP contribution in [0.15, 0.2) is 27.7 Å². The molecule has 2 aliphatic heterocycles. The van der Waals surface area contributed by atoms with Gasteiger partial charge in [0.05, 0.1) is 25.9 Å². The van der Waals surface area contributed by atoms with Crippen molar-refractivity contribution in [2.45, 2.75) is 50.2 Å². The van der Waals surface area contributed by atoms with Gasteiger partial charge in [-0.15, -0.1) is 24.0 Å². The maximum Gasteiger partial charge on any atom is 0.255 e. The van der Waals surface area contributed by atoms with Crippen LogP contribution in [0.3, 0.4) is 0 Å². The van der Waals surface area contributed by atoms with Crippen LogP contribution in [0.1, 0.15) is 55.8 Å². The molecule has 1 saturated heterocycles. The van der Waals surface area contributed by atoms with E-state index in [2.05, 4.69) is 20.4 Å². The third-order valence-corrected chi connectivity index (χ3v) is 5.27. The van der Waals surface area contributed by atoms with Crippen LogP contribution in [-0.4, -0.2) is 42.0 Å². The Hall–Kier alpha value is -2.08. The number of nitrogens with zero attached hydrogens (tertiary/aromatic N) is 3. The largest absolute Gasteiger partial charge is 0.490 e. The number of guanidine groups is 1. The van der Waals surface area contributed by atoms with E-state index >= 15 is 0 Å². The van der Waals surface area contributed by atoms with Gasteiger partial charge in [-0.2, -0.15) is 4.98 Å². The first kappa shape index (κ1) is 21.2. The first-order chi connectivity index (χ1) is 14.2. The average molecular weight is 527 g/mol. The van der Waals surface area contributed by atoms with Crippen molar-refractivity contribution in [2.75, 3.05) is 25.1 Å². The van der Waals surface area contributed by atoms with E-state index in [0.717, 1.165) is 49.4 Å². The predicted molar refractivity (Wildman–Crippen MR) is 121 cm³/mol. The molecule has 2 aromatic rings.